The molecule has 0 aliphatic heterocycles. The molecule has 1 atom stereocenters. The minimum Gasteiger partial charge on any atom is -0.396 e. The molecule has 2 aromatic rings. The van der Waals surface area contributed by atoms with Crippen LogP contribution >= 0.6 is 11.6 Å². The summed E-state index contributed by atoms with van der Waals surface area (Å²) in [6.07, 6.45) is 2.91. The van der Waals surface area contributed by atoms with E-state index < -0.39 is 0 Å². The molecular formula is C18H24ClN3O2. The van der Waals surface area contributed by atoms with Crippen LogP contribution in [0.3, 0.4) is 0 Å². The number of aromatic nitrogens is 2. The topological polar surface area (TPSA) is 67.2 Å². The summed E-state index contributed by atoms with van der Waals surface area (Å²) in [5, 5.41) is 17.1. The first-order chi connectivity index (χ1) is 11.5. The molecule has 0 spiro atoms. The quantitative estimate of drug-likeness (QED) is 0.803. The maximum Gasteiger partial charge on any atom is 0.255 e. The van der Waals surface area contributed by atoms with Crippen molar-refractivity contribution in [2.45, 2.75) is 45.6 Å². The van der Waals surface area contributed by atoms with Crippen LogP contribution in [0.15, 0.2) is 30.5 Å². The van der Waals surface area contributed by atoms with Crippen LogP contribution < -0.4 is 5.32 Å². The number of amides is 1. The fourth-order valence-electron chi connectivity index (χ4n) is 2.70. The second kappa shape index (κ2) is 8.31. The van der Waals surface area contributed by atoms with Gasteiger partial charge in [0, 0.05) is 17.7 Å². The standard InChI is InChI=1S/C18H24ClN3O2/c1-4-14(8-9-23)21-18(24)16-11-20-22(17(16)12(2)3)15-7-5-6-13(19)10-15/h5-7,10-12,14,23H,4,8-9H2,1-3H3,(H,21,24). The monoisotopic (exact) mass is 349 g/mol. The lowest BCUT2D eigenvalue weighted by Gasteiger charge is -2.17. The van der Waals surface area contributed by atoms with Crippen molar-refractivity contribution < 1.29 is 9.90 Å². The van der Waals surface area contributed by atoms with Gasteiger partial charge in [-0.25, -0.2) is 4.68 Å². The lowest BCUT2D eigenvalue weighted by molar-refractivity contribution is 0.0927. The van der Waals surface area contributed by atoms with Crippen molar-refractivity contribution in [2.24, 2.45) is 0 Å². The van der Waals surface area contributed by atoms with E-state index in [0.717, 1.165) is 17.8 Å². The van der Waals surface area contributed by atoms with Gasteiger partial charge in [-0.2, -0.15) is 5.10 Å². The summed E-state index contributed by atoms with van der Waals surface area (Å²) >= 11 is 6.07. The summed E-state index contributed by atoms with van der Waals surface area (Å²) < 4.78 is 1.76. The molecule has 1 aromatic carbocycles. The van der Waals surface area contributed by atoms with Crippen LogP contribution in [0.1, 0.15) is 55.6 Å². The Labute approximate surface area is 147 Å². The molecule has 6 heteroatoms. The molecule has 130 valence electrons. The fourth-order valence-corrected chi connectivity index (χ4v) is 2.88. The lowest BCUT2D eigenvalue weighted by atomic mass is 10.0. The molecule has 0 saturated carbocycles. The molecule has 0 fully saturated rings. The van der Waals surface area contributed by atoms with Gasteiger partial charge in [-0.05, 0) is 37.0 Å². The van der Waals surface area contributed by atoms with E-state index in [1.807, 2.05) is 39.0 Å². The van der Waals surface area contributed by atoms with Gasteiger partial charge in [0.25, 0.3) is 5.91 Å². The van der Waals surface area contributed by atoms with Gasteiger partial charge in [-0.3, -0.25) is 4.79 Å². The van der Waals surface area contributed by atoms with Crippen molar-refractivity contribution in [3.05, 3.63) is 46.7 Å². The number of benzene rings is 1. The van der Waals surface area contributed by atoms with Crippen LogP contribution in [0.2, 0.25) is 5.02 Å². The van der Waals surface area contributed by atoms with E-state index in [1.54, 1.807) is 16.9 Å². The van der Waals surface area contributed by atoms with Crippen molar-refractivity contribution in [2.75, 3.05) is 6.61 Å². The van der Waals surface area contributed by atoms with Gasteiger partial charge in [0.05, 0.1) is 23.1 Å². The summed E-state index contributed by atoms with van der Waals surface area (Å²) in [7, 11) is 0. The number of nitrogens with one attached hydrogen (secondary N) is 1. The number of nitrogens with zero attached hydrogens (tertiary/aromatic N) is 2. The third-order valence-corrected chi connectivity index (χ3v) is 4.19. The summed E-state index contributed by atoms with van der Waals surface area (Å²) in [5.74, 6) is -0.0440. The number of aliphatic hydroxyl groups excluding tert-OH is 1. The minimum absolute atomic E-state index is 0.0444. The molecule has 0 aliphatic rings. The van der Waals surface area contributed by atoms with E-state index in [-0.39, 0.29) is 24.5 Å². The van der Waals surface area contributed by atoms with Crippen LogP contribution in [0.4, 0.5) is 0 Å². The Balaban J connectivity index is 2.36. The zero-order valence-corrected chi connectivity index (χ0v) is 15.0. The summed E-state index contributed by atoms with van der Waals surface area (Å²) in [6.45, 7) is 6.09. The van der Waals surface area contributed by atoms with Gasteiger partial charge in [0.1, 0.15) is 0 Å². The van der Waals surface area contributed by atoms with Crippen molar-refractivity contribution >= 4 is 17.5 Å². The van der Waals surface area contributed by atoms with Crippen LogP contribution in [0.25, 0.3) is 5.69 Å². The molecule has 2 N–H and O–H groups in total. The highest BCUT2D eigenvalue weighted by atomic mass is 35.5. The maximum absolute atomic E-state index is 12.7. The van der Waals surface area contributed by atoms with Gasteiger partial charge in [-0.15, -0.1) is 0 Å². The van der Waals surface area contributed by atoms with E-state index in [9.17, 15) is 4.79 Å². The van der Waals surface area contributed by atoms with E-state index in [1.165, 1.54) is 0 Å². The lowest BCUT2D eigenvalue weighted by Crippen LogP contribution is -2.35. The predicted molar refractivity (Wildman–Crippen MR) is 95.9 cm³/mol. The fraction of sp³-hybridized carbons (Fsp3) is 0.444. The van der Waals surface area contributed by atoms with E-state index in [0.29, 0.717) is 17.0 Å². The van der Waals surface area contributed by atoms with Gasteiger partial charge < -0.3 is 10.4 Å². The molecule has 24 heavy (non-hydrogen) atoms. The van der Waals surface area contributed by atoms with Gasteiger partial charge in [0.15, 0.2) is 0 Å². The third-order valence-electron chi connectivity index (χ3n) is 3.96. The second-order valence-corrected chi connectivity index (χ2v) is 6.52. The van der Waals surface area contributed by atoms with Crippen LogP contribution in [-0.2, 0) is 0 Å². The highest BCUT2D eigenvalue weighted by molar-refractivity contribution is 6.30. The van der Waals surface area contributed by atoms with Crippen molar-refractivity contribution in [1.29, 1.82) is 0 Å². The van der Waals surface area contributed by atoms with Crippen LogP contribution in [0, 0.1) is 0 Å². The highest BCUT2D eigenvalue weighted by Crippen LogP contribution is 2.24. The molecule has 1 amide bonds. The minimum atomic E-state index is -0.160. The molecular weight excluding hydrogens is 326 g/mol. The maximum atomic E-state index is 12.7. The number of aliphatic hydroxyl groups is 1. The molecule has 1 heterocycles. The number of rotatable bonds is 7. The normalized spacial score (nSPS) is 12.4. The summed E-state index contributed by atoms with van der Waals surface area (Å²) in [6, 6.07) is 7.35. The predicted octanol–water partition coefficient (Wildman–Crippen LogP) is 3.54. The first kappa shape index (κ1) is 18.5. The number of carbonyl (C=O) groups is 1. The first-order valence-electron chi connectivity index (χ1n) is 8.23. The smallest absolute Gasteiger partial charge is 0.255 e. The zero-order valence-electron chi connectivity index (χ0n) is 14.3. The average molecular weight is 350 g/mol. The van der Waals surface area contributed by atoms with Gasteiger partial charge >= 0.3 is 0 Å². The number of halogens is 1. The van der Waals surface area contributed by atoms with Gasteiger partial charge in [-0.1, -0.05) is 38.4 Å². The van der Waals surface area contributed by atoms with Crippen LogP contribution in [-0.4, -0.2) is 33.4 Å². The molecule has 0 saturated heterocycles. The molecule has 0 bridgehead atoms. The van der Waals surface area contributed by atoms with Crippen LogP contribution in [0.5, 0.6) is 0 Å². The van der Waals surface area contributed by atoms with Crippen molar-refractivity contribution in [3.63, 3.8) is 0 Å². The third kappa shape index (κ3) is 4.16. The molecule has 0 radical (unpaired) electrons. The Morgan fingerprint density at radius 1 is 1.42 bits per heavy atom. The first-order valence-corrected chi connectivity index (χ1v) is 8.61. The van der Waals surface area contributed by atoms with Crippen molar-refractivity contribution in [1.82, 2.24) is 15.1 Å². The Morgan fingerprint density at radius 3 is 2.75 bits per heavy atom. The molecule has 1 unspecified atom stereocenters. The number of hydrogen-bond acceptors (Lipinski definition) is 3. The van der Waals surface area contributed by atoms with E-state index in [4.69, 9.17) is 16.7 Å². The van der Waals surface area contributed by atoms with Gasteiger partial charge in [0.2, 0.25) is 0 Å². The SMILES string of the molecule is CCC(CCO)NC(=O)c1cnn(-c2cccc(Cl)c2)c1C(C)C. The zero-order chi connectivity index (χ0) is 17.7. The van der Waals surface area contributed by atoms with E-state index >= 15 is 0 Å². The molecule has 2 rings (SSSR count). The average Bonchev–Trinajstić information content (AvgIpc) is 2.99. The number of hydrogen-bond donors (Lipinski definition) is 2. The van der Waals surface area contributed by atoms with E-state index in [2.05, 4.69) is 10.4 Å². The molecule has 0 aliphatic carbocycles. The Morgan fingerprint density at radius 2 is 2.17 bits per heavy atom. The largest absolute Gasteiger partial charge is 0.396 e. The van der Waals surface area contributed by atoms with Crippen molar-refractivity contribution in [3.8, 4) is 5.69 Å². The Kier molecular flexibility index (Phi) is 6.40. The second-order valence-electron chi connectivity index (χ2n) is 6.08. The molecule has 5 nitrogen and oxygen atoms in total. The molecule has 1 aromatic heterocycles. The summed E-state index contributed by atoms with van der Waals surface area (Å²) in [5.41, 5.74) is 2.22. The Bertz CT molecular complexity index is 697. The highest BCUT2D eigenvalue weighted by Gasteiger charge is 2.22. The number of carbonyl (C=O) groups excluding carboxylic acids is 1. The Hall–Kier alpha value is -1.85. The summed E-state index contributed by atoms with van der Waals surface area (Å²) in [4.78, 5) is 12.7.